The zero-order valence-electron chi connectivity index (χ0n) is 14.6. The van der Waals surface area contributed by atoms with E-state index in [9.17, 15) is 27.6 Å². The molecule has 1 amide bonds. The number of esters is 1. The fourth-order valence-electron chi connectivity index (χ4n) is 3.65. The second kappa shape index (κ2) is 7.17. The van der Waals surface area contributed by atoms with Crippen LogP contribution in [-0.4, -0.2) is 41.8 Å². The molecule has 0 aliphatic carbocycles. The van der Waals surface area contributed by atoms with E-state index < -0.39 is 41.4 Å². The van der Waals surface area contributed by atoms with Gasteiger partial charge >= 0.3 is 12.1 Å². The number of hydrogen-bond acceptors (Lipinski definition) is 4. The minimum atomic E-state index is -4.55. The summed E-state index contributed by atoms with van der Waals surface area (Å²) in [6.07, 6.45) is -3.48. The van der Waals surface area contributed by atoms with Gasteiger partial charge in [0, 0.05) is 18.5 Å². The molecule has 2 aliphatic heterocycles. The summed E-state index contributed by atoms with van der Waals surface area (Å²) in [6.45, 7) is 2.01. The molecule has 0 saturated carbocycles. The van der Waals surface area contributed by atoms with Crippen molar-refractivity contribution in [1.82, 2.24) is 4.90 Å². The molecule has 1 saturated heterocycles. The van der Waals surface area contributed by atoms with E-state index in [4.69, 9.17) is 4.74 Å². The van der Waals surface area contributed by atoms with E-state index in [-0.39, 0.29) is 30.7 Å². The smallest absolute Gasteiger partial charge is 0.416 e. The molecule has 2 atom stereocenters. The lowest BCUT2D eigenvalue weighted by Gasteiger charge is -2.30. The number of carbonyl (C=O) groups excluding carboxylic acids is 3. The lowest BCUT2D eigenvalue weighted by molar-refractivity contribution is -0.151. The van der Waals surface area contributed by atoms with E-state index in [2.05, 4.69) is 0 Å². The molecule has 0 spiro atoms. The van der Waals surface area contributed by atoms with Crippen molar-refractivity contribution in [2.75, 3.05) is 13.2 Å². The van der Waals surface area contributed by atoms with Crippen molar-refractivity contribution < 1.29 is 32.3 Å². The first-order valence-corrected chi connectivity index (χ1v) is 8.61. The van der Waals surface area contributed by atoms with Crippen LogP contribution in [0.5, 0.6) is 0 Å². The van der Waals surface area contributed by atoms with E-state index in [1.54, 1.807) is 6.92 Å². The van der Waals surface area contributed by atoms with E-state index in [0.29, 0.717) is 6.42 Å². The first-order chi connectivity index (χ1) is 12.7. The molecule has 0 radical (unpaired) electrons. The van der Waals surface area contributed by atoms with Crippen molar-refractivity contribution in [1.29, 1.82) is 0 Å². The van der Waals surface area contributed by atoms with Gasteiger partial charge in [0.1, 0.15) is 6.04 Å². The summed E-state index contributed by atoms with van der Waals surface area (Å²) in [5.74, 6) is -2.24. The Bertz CT molecular complexity index is 815. The zero-order valence-corrected chi connectivity index (χ0v) is 14.6. The van der Waals surface area contributed by atoms with E-state index >= 15 is 0 Å². The fraction of sp³-hybridized carbons (Fsp3) is 0.421. The predicted octanol–water partition coefficient (Wildman–Crippen LogP) is 2.54. The largest absolute Gasteiger partial charge is 0.466 e. The van der Waals surface area contributed by atoms with Crippen LogP contribution in [0.3, 0.4) is 0 Å². The van der Waals surface area contributed by atoms with Crippen LogP contribution >= 0.6 is 0 Å². The Morgan fingerprint density at radius 2 is 1.96 bits per heavy atom. The molecule has 2 unspecified atom stereocenters. The Morgan fingerprint density at radius 1 is 1.26 bits per heavy atom. The van der Waals surface area contributed by atoms with Crippen LogP contribution in [0.25, 0.3) is 0 Å². The van der Waals surface area contributed by atoms with Gasteiger partial charge in [0.05, 0.1) is 18.1 Å². The Labute approximate surface area is 153 Å². The number of hydrogen-bond donors (Lipinski definition) is 0. The van der Waals surface area contributed by atoms with Gasteiger partial charge in [-0.3, -0.25) is 14.4 Å². The minimum absolute atomic E-state index is 0.00235. The number of benzene rings is 1. The Kier molecular flexibility index (Phi) is 5.08. The number of ketones is 1. The first kappa shape index (κ1) is 19.1. The number of ether oxygens (including phenoxy) is 1. The fourth-order valence-corrected chi connectivity index (χ4v) is 3.65. The molecule has 2 heterocycles. The quantitative estimate of drug-likeness (QED) is 0.752. The van der Waals surface area contributed by atoms with Crippen molar-refractivity contribution in [2.24, 2.45) is 5.92 Å². The third-order valence-corrected chi connectivity index (χ3v) is 4.83. The van der Waals surface area contributed by atoms with Crippen LogP contribution in [0.1, 0.15) is 24.5 Å². The van der Waals surface area contributed by atoms with Gasteiger partial charge in [-0.15, -0.1) is 0 Å². The summed E-state index contributed by atoms with van der Waals surface area (Å²) in [5, 5.41) is 0. The van der Waals surface area contributed by atoms with Crippen molar-refractivity contribution in [3.05, 3.63) is 47.0 Å². The summed E-state index contributed by atoms with van der Waals surface area (Å²) in [5.41, 5.74) is -0.909. The van der Waals surface area contributed by atoms with Gasteiger partial charge in [-0.05, 0) is 31.1 Å². The standard InChI is InChI=1S/C19H18F3NO4/c1-2-27-18(26)13-7-8-23-16(13)15(24)10-12(17(23)25)9-11-5-3-4-6-14(11)19(20,21)22/h3-6,10,13,16H,2,7-9H2,1H3. The van der Waals surface area contributed by atoms with Crippen LogP contribution in [0.15, 0.2) is 35.9 Å². The number of alkyl halides is 3. The van der Waals surface area contributed by atoms with Crippen LogP contribution in [0.2, 0.25) is 0 Å². The van der Waals surface area contributed by atoms with Crippen molar-refractivity contribution in [3.8, 4) is 0 Å². The number of amides is 1. The monoisotopic (exact) mass is 381 g/mol. The van der Waals surface area contributed by atoms with E-state index in [0.717, 1.165) is 12.1 Å². The highest BCUT2D eigenvalue weighted by atomic mass is 19.4. The van der Waals surface area contributed by atoms with Crippen molar-refractivity contribution in [2.45, 2.75) is 32.0 Å². The van der Waals surface area contributed by atoms with E-state index in [1.165, 1.54) is 23.1 Å². The molecule has 144 valence electrons. The molecule has 0 N–H and O–H groups in total. The molecule has 0 aromatic heterocycles. The van der Waals surface area contributed by atoms with Gasteiger partial charge in [-0.2, -0.15) is 13.2 Å². The molecule has 1 fully saturated rings. The molecule has 8 heteroatoms. The van der Waals surface area contributed by atoms with Gasteiger partial charge in [0.2, 0.25) is 0 Å². The molecular weight excluding hydrogens is 363 g/mol. The summed E-state index contributed by atoms with van der Waals surface area (Å²) in [4.78, 5) is 38.5. The number of rotatable bonds is 4. The Balaban J connectivity index is 1.87. The van der Waals surface area contributed by atoms with Crippen molar-refractivity contribution >= 4 is 17.7 Å². The van der Waals surface area contributed by atoms with Gasteiger partial charge in [-0.25, -0.2) is 0 Å². The highest BCUT2D eigenvalue weighted by Gasteiger charge is 2.48. The number of carbonyl (C=O) groups is 3. The van der Waals surface area contributed by atoms with Gasteiger partial charge in [-0.1, -0.05) is 18.2 Å². The molecule has 1 aromatic rings. The predicted molar refractivity (Wildman–Crippen MR) is 88.5 cm³/mol. The third-order valence-electron chi connectivity index (χ3n) is 4.83. The average Bonchev–Trinajstić information content (AvgIpc) is 3.05. The van der Waals surface area contributed by atoms with Crippen LogP contribution in [-0.2, 0) is 31.7 Å². The number of nitrogens with zero attached hydrogens (tertiary/aromatic N) is 1. The number of halogens is 3. The SMILES string of the molecule is CCOC(=O)C1CCN2C(=O)C(Cc3ccccc3C(F)(F)F)=CC(=O)C12. The van der Waals surface area contributed by atoms with E-state index in [1.807, 2.05) is 0 Å². The maximum absolute atomic E-state index is 13.2. The summed E-state index contributed by atoms with van der Waals surface area (Å²) < 4.78 is 44.5. The topological polar surface area (TPSA) is 63.7 Å². The molecule has 2 aliphatic rings. The van der Waals surface area contributed by atoms with Gasteiger partial charge in [0.15, 0.2) is 5.78 Å². The molecule has 5 nitrogen and oxygen atoms in total. The van der Waals surface area contributed by atoms with Gasteiger partial charge < -0.3 is 9.64 Å². The highest BCUT2D eigenvalue weighted by Crippen LogP contribution is 2.35. The maximum Gasteiger partial charge on any atom is 0.416 e. The van der Waals surface area contributed by atoms with Crippen LogP contribution in [0, 0.1) is 5.92 Å². The minimum Gasteiger partial charge on any atom is -0.466 e. The number of fused-ring (bicyclic) bond motifs is 1. The zero-order chi connectivity index (χ0) is 19.8. The molecule has 27 heavy (non-hydrogen) atoms. The average molecular weight is 381 g/mol. The molecular formula is C19H18F3NO4. The van der Waals surface area contributed by atoms with Gasteiger partial charge in [0.25, 0.3) is 5.91 Å². The Morgan fingerprint density at radius 3 is 2.63 bits per heavy atom. The first-order valence-electron chi connectivity index (χ1n) is 8.61. The van der Waals surface area contributed by atoms with Crippen LogP contribution < -0.4 is 0 Å². The normalized spacial score (nSPS) is 22.5. The third kappa shape index (κ3) is 3.61. The highest BCUT2D eigenvalue weighted by molar-refractivity contribution is 6.11. The summed E-state index contributed by atoms with van der Waals surface area (Å²) in [7, 11) is 0. The van der Waals surface area contributed by atoms with Crippen LogP contribution in [0.4, 0.5) is 13.2 Å². The maximum atomic E-state index is 13.2. The second-order valence-electron chi connectivity index (χ2n) is 6.49. The second-order valence-corrected chi connectivity index (χ2v) is 6.49. The summed E-state index contributed by atoms with van der Waals surface area (Å²) in [6, 6.07) is 4.03. The molecule has 3 rings (SSSR count). The van der Waals surface area contributed by atoms with Crippen molar-refractivity contribution in [3.63, 3.8) is 0 Å². The Hall–Kier alpha value is -2.64. The summed E-state index contributed by atoms with van der Waals surface area (Å²) >= 11 is 0. The lowest BCUT2D eigenvalue weighted by atomic mass is 9.90. The molecule has 1 aromatic carbocycles. The lowest BCUT2D eigenvalue weighted by Crippen LogP contribution is -2.48. The molecule has 0 bridgehead atoms.